The van der Waals surface area contributed by atoms with Gasteiger partial charge < -0.3 is 9.72 Å². The van der Waals surface area contributed by atoms with Crippen molar-refractivity contribution in [3.05, 3.63) is 77.6 Å². The lowest BCUT2D eigenvalue weighted by Crippen LogP contribution is -2.30. The summed E-state index contributed by atoms with van der Waals surface area (Å²) >= 11 is 0. The van der Waals surface area contributed by atoms with Crippen molar-refractivity contribution >= 4 is 22.2 Å². The van der Waals surface area contributed by atoms with Crippen LogP contribution in [0.3, 0.4) is 0 Å². The third-order valence-electron chi connectivity index (χ3n) is 7.03. The summed E-state index contributed by atoms with van der Waals surface area (Å²) in [6, 6.07) is 15.9. The van der Waals surface area contributed by atoms with E-state index in [1.54, 1.807) is 11.7 Å². The SMILES string of the molecule is COC1CCCC(Cn2c(=O)n(-c3ccccc3)c3ncc(-c4cnc5[nH]ccc5c4)cc32)C1. The van der Waals surface area contributed by atoms with Crippen LogP contribution in [0, 0.1) is 5.92 Å². The van der Waals surface area contributed by atoms with Crippen molar-refractivity contribution in [3.8, 4) is 16.8 Å². The van der Waals surface area contributed by atoms with Gasteiger partial charge in [0, 0.05) is 48.8 Å². The van der Waals surface area contributed by atoms with Gasteiger partial charge in [-0.05, 0) is 55.5 Å². The highest BCUT2D eigenvalue weighted by molar-refractivity contribution is 5.84. The number of hydrogen-bond donors (Lipinski definition) is 1. The van der Waals surface area contributed by atoms with Gasteiger partial charge in [-0.25, -0.2) is 19.3 Å². The first kappa shape index (κ1) is 20.9. The maximum Gasteiger partial charge on any atom is 0.334 e. The first-order valence-electron chi connectivity index (χ1n) is 11.8. The van der Waals surface area contributed by atoms with Crippen molar-refractivity contribution in [2.24, 2.45) is 5.92 Å². The zero-order valence-corrected chi connectivity index (χ0v) is 19.1. The summed E-state index contributed by atoms with van der Waals surface area (Å²) < 4.78 is 9.27. The van der Waals surface area contributed by atoms with Gasteiger partial charge in [-0.2, -0.15) is 0 Å². The van der Waals surface area contributed by atoms with Crippen LogP contribution in [0.15, 0.2) is 71.9 Å². The van der Waals surface area contributed by atoms with Crippen LogP contribution in [0.1, 0.15) is 25.7 Å². The Bertz CT molecular complexity index is 1510. The number of nitrogens with one attached hydrogen (secondary N) is 1. The number of H-pyrrole nitrogens is 1. The molecule has 0 amide bonds. The second kappa shape index (κ2) is 8.57. The maximum atomic E-state index is 13.7. The molecule has 7 heteroatoms. The van der Waals surface area contributed by atoms with Gasteiger partial charge in [-0.1, -0.05) is 24.6 Å². The third kappa shape index (κ3) is 3.62. The highest BCUT2D eigenvalue weighted by atomic mass is 16.5. The van der Waals surface area contributed by atoms with Gasteiger partial charge in [0.1, 0.15) is 5.65 Å². The first-order chi connectivity index (χ1) is 16.7. The molecular formula is C27H27N5O2. The number of fused-ring (bicyclic) bond motifs is 2. The standard InChI is InChI=1S/C27H27N5O2/c1-34-23-9-5-6-18(12-23)17-31-24-14-21(20-13-19-10-11-28-25(19)29-15-20)16-30-26(24)32(27(31)33)22-7-3-2-4-8-22/h2-4,7-8,10-11,13-16,18,23H,5-6,9,12,17H2,1H3,(H,28,29). The molecule has 6 rings (SSSR count). The number of aromatic nitrogens is 5. The molecule has 34 heavy (non-hydrogen) atoms. The minimum Gasteiger partial charge on any atom is -0.381 e. The molecule has 0 bridgehead atoms. The number of para-hydroxylation sites is 1. The Balaban J connectivity index is 1.49. The van der Waals surface area contributed by atoms with Crippen molar-refractivity contribution in [3.63, 3.8) is 0 Å². The van der Waals surface area contributed by atoms with E-state index in [4.69, 9.17) is 9.72 Å². The molecule has 172 valence electrons. The van der Waals surface area contributed by atoms with Gasteiger partial charge in [-0.15, -0.1) is 0 Å². The van der Waals surface area contributed by atoms with Gasteiger partial charge in [-0.3, -0.25) is 4.57 Å². The molecule has 2 unspecified atom stereocenters. The molecule has 0 spiro atoms. The van der Waals surface area contributed by atoms with Crippen LogP contribution in [-0.2, 0) is 11.3 Å². The summed E-state index contributed by atoms with van der Waals surface area (Å²) in [6.45, 7) is 0.662. The quantitative estimate of drug-likeness (QED) is 0.409. The van der Waals surface area contributed by atoms with Crippen LogP contribution in [0.4, 0.5) is 0 Å². The van der Waals surface area contributed by atoms with Crippen LogP contribution in [-0.4, -0.2) is 37.3 Å². The number of aromatic amines is 1. The maximum absolute atomic E-state index is 13.7. The smallest absolute Gasteiger partial charge is 0.334 e. The van der Waals surface area contributed by atoms with E-state index in [0.29, 0.717) is 18.1 Å². The second-order valence-corrected chi connectivity index (χ2v) is 9.16. The molecule has 1 aliphatic rings. The monoisotopic (exact) mass is 453 g/mol. The molecule has 2 atom stereocenters. The number of hydrogen-bond acceptors (Lipinski definition) is 4. The fourth-order valence-corrected chi connectivity index (χ4v) is 5.25. The molecule has 4 aromatic heterocycles. The molecular weight excluding hydrogens is 426 g/mol. The van der Waals surface area contributed by atoms with Crippen molar-refractivity contribution in [1.82, 2.24) is 24.1 Å². The number of benzene rings is 1. The van der Waals surface area contributed by atoms with Crippen LogP contribution < -0.4 is 5.69 Å². The van der Waals surface area contributed by atoms with Crippen LogP contribution in [0.25, 0.3) is 39.0 Å². The number of methoxy groups -OCH3 is 1. The lowest BCUT2D eigenvalue weighted by atomic mass is 9.87. The Morgan fingerprint density at radius 1 is 1.06 bits per heavy atom. The van der Waals surface area contributed by atoms with Gasteiger partial charge in [0.15, 0.2) is 5.65 Å². The van der Waals surface area contributed by atoms with Gasteiger partial charge >= 0.3 is 5.69 Å². The normalized spacial score (nSPS) is 18.6. The third-order valence-corrected chi connectivity index (χ3v) is 7.03. The molecule has 4 heterocycles. The zero-order valence-electron chi connectivity index (χ0n) is 19.1. The Hall–Kier alpha value is -3.71. The zero-order chi connectivity index (χ0) is 23.1. The Morgan fingerprint density at radius 2 is 1.88 bits per heavy atom. The summed E-state index contributed by atoms with van der Waals surface area (Å²) in [5, 5.41) is 1.05. The predicted molar refractivity (Wildman–Crippen MR) is 133 cm³/mol. The molecule has 1 N–H and O–H groups in total. The topological polar surface area (TPSA) is 77.7 Å². The number of ether oxygens (including phenoxy) is 1. The average molecular weight is 454 g/mol. The van der Waals surface area contributed by atoms with Gasteiger partial charge in [0.05, 0.1) is 17.3 Å². The van der Waals surface area contributed by atoms with E-state index in [1.165, 1.54) is 0 Å². The Labute approximate surface area is 197 Å². The minimum atomic E-state index is -0.0513. The van der Waals surface area contributed by atoms with Crippen molar-refractivity contribution in [2.45, 2.75) is 38.3 Å². The first-order valence-corrected chi connectivity index (χ1v) is 11.8. The molecule has 0 radical (unpaired) electrons. The van der Waals surface area contributed by atoms with Crippen LogP contribution in [0.2, 0.25) is 0 Å². The molecule has 5 aromatic rings. The lowest BCUT2D eigenvalue weighted by Gasteiger charge is -2.28. The summed E-state index contributed by atoms with van der Waals surface area (Å²) in [7, 11) is 1.78. The van der Waals surface area contributed by atoms with E-state index >= 15 is 0 Å². The van der Waals surface area contributed by atoms with Crippen LogP contribution >= 0.6 is 0 Å². The number of imidazole rings is 1. The van der Waals surface area contributed by atoms with Crippen molar-refractivity contribution < 1.29 is 4.74 Å². The van der Waals surface area contributed by atoms with E-state index in [0.717, 1.165) is 59.0 Å². The number of rotatable bonds is 5. The average Bonchev–Trinajstić information content (AvgIpc) is 3.46. The molecule has 1 aliphatic carbocycles. The molecule has 1 saturated carbocycles. The lowest BCUT2D eigenvalue weighted by molar-refractivity contribution is 0.0472. The molecule has 0 aliphatic heterocycles. The van der Waals surface area contributed by atoms with E-state index < -0.39 is 0 Å². The van der Waals surface area contributed by atoms with Crippen LogP contribution in [0.5, 0.6) is 0 Å². The van der Waals surface area contributed by atoms with E-state index in [1.807, 2.05) is 59.6 Å². The van der Waals surface area contributed by atoms with E-state index in [-0.39, 0.29) is 11.8 Å². The second-order valence-electron chi connectivity index (χ2n) is 9.16. The molecule has 0 saturated heterocycles. The fourth-order valence-electron chi connectivity index (χ4n) is 5.25. The van der Waals surface area contributed by atoms with Gasteiger partial charge in [0.2, 0.25) is 0 Å². The van der Waals surface area contributed by atoms with Crippen molar-refractivity contribution in [2.75, 3.05) is 7.11 Å². The highest BCUT2D eigenvalue weighted by Gasteiger charge is 2.25. The van der Waals surface area contributed by atoms with Gasteiger partial charge in [0.25, 0.3) is 0 Å². The minimum absolute atomic E-state index is 0.0513. The Morgan fingerprint density at radius 3 is 2.74 bits per heavy atom. The summed E-state index contributed by atoms with van der Waals surface area (Å²) in [4.78, 5) is 26.2. The van der Waals surface area contributed by atoms with E-state index in [9.17, 15) is 4.79 Å². The Kier molecular flexibility index (Phi) is 5.26. The molecule has 1 aromatic carbocycles. The van der Waals surface area contributed by atoms with Crippen molar-refractivity contribution in [1.29, 1.82) is 0 Å². The fraction of sp³-hybridized carbons (Fsp3) is 0.296. The largest absolute Gasteiger partial charge is 0.381 e. The number of nitrogens with zero attached hydrogens (tertiary/aromatic N) is 4. The molecule has 7 nitrogen and oxygen atoms in total. The molecule has 1 fully saturated rings. The summed E-state index contributed by atoms with van der Waals surface area (Å²) in [6.07, 6.45) is 10.1. The summed E-state index contributed by atoms with van der Waals surface area (Å²) in [5.74, 6) is 0.396. The van der Waals surface area contributed by atoms with E-state index in [2.05, 4.69) is 22.1 Å². The summed E-state index contributed by atoms with van der Waals surface area (Å²) in [5.41, 5.74) is 5.07. The predicted octanol–water partition coefficient (Wildman–Crippen LogP) is 4.94. The number of pyridine rings is 2. The highest BCUT2D eigenvalue weighted by Crippen LogP contribution is 2.30.